The Labute approximate surface area is 82.8 Å². The average Bonchev–Trinajstić information content (AvgIpc) is 2.58. The first kappa shape index (κ1) is 9.06. The number of hydrogen-bond donors (Lipinski definition) is 2. The molecule has 1 aromatic carbocycles. The lowest BCUT2D eigenvalue weighted by molar-refractivity contribution is 0.461. The molecule has 0 unspecified atom stereocenters. The fourth-order valence-corrected chi connectivity index (χ4v) is 1.72. The topological polar surface area (TPSA) is 48.9 Å². The highest BCUT2D eigenvalue weighted by Crippen LogP contribution is 2.33. The zero-order valence-electron chi connectivity index (χ0n) is 8.63. The number of phenolic OH excluding ortho intramolecular Hbond substituents is 1. The third-order valence-electron chi connectivity index (χ3n) is 2.61. The minimum atomic E-state index is 0.327. The van der Waals surface area contributed by atoms with Gasteiger partial charge in [-0.2, -0.15) is 5.10 Å². The van der Waals surface area contributed by atoms with E-state index < -0.39 is 0 Å². The van der Waals surface area contributed by atoms with E-state index in [2.05, 4.69) is 24.0 Å². The Hall–Kier alpha value is -1.51. The van der Waals surface area contributed by atoms with Gasteiger partial charge in [-0.05, 0) is 24.5 Å². The third-order valence-corrected chi connectivity index (χ3v) is 2.61. The first-order chi connectivity index (χ1) is 6.61. The van der Waals surface area contributed by atoms with Gasteiger partial charge in [0.2, 0.25) is 0 Å². The molecule has 1 heterocycles. The van der Waals surface area contributed by atoms with Crippen LogP contribution in [0, 0.1) is 6.92 Å². The SMILES string of the molecule is Cc1c(O)c(C(C)C)cc2cn[nH]c12. The molecule has 0 fully saturated rings. The van der Waals surface area contributed by atoms with E-state index in [-0.39, 0.29) is 0 Å². The third kappa shape index (κ3) is 1.16. The Morgan fingerprint density at radius 1 is 1.43 bits per heavy atom. The summed E-state index contributed by atoms with van der Waals surface area (Å²) >= 11 is 0. The maximum absolute atomic E-state index is 9.94. The van der Waals surface area contributed by atoms with Gasteiger partial charge >= 0.3 is 0 Å². The molecule has 0 amide bonds. The van der Waals surface area contributed by atoms with Crippen molar-refractivity contribution < 1.29 is 5.11 Å². The number of nitrogens with one attached hydrogen (secondary N) is 1. The second-order valence-electron chi connectivity index (χ2n) is 3.93. The van der Waals surface area contributed by atoms with E-state index in [4.69, 9.17) is 0 Å². The summed E-state index contributed by atoms with van der Waals surface area (Å²) in [7, 11) is 0. The molecular formula is C11H14N2O. The number of aromatic hydroxyl groups is 1. The van der Waals surface area contributed by atoms with Gasteiger partial charge in [0.1, 0.15) is 5.75 Å². The van der Waals surface area contributed by atoms with Gasteiger partial charge in [-0.25, -0.2) is 0 Å². The van der Waals surface area contributed by atoms with Gasteiger partial charge in [-0.3, -0.25) is 5.10 Å². The van der Waals surface area contributed by atoms with Crippen LogP contribution in [0.3, 0.4) is 0 Å². The molecule has 0 aliphatic heterocycles. The highest BCUT2D eigenvalue weighted by atomic mass is 16.3. The second-order valence-corrected chi connectivity index (χ2v) is 3.93. The van der Waals surface area contributed by atoms with Crippen molar-refractivity contribution in [3.8, 4) is 5.75 Å². The Bertz CT molecular complexity index is 471. The standard InChI is InChI=1S/C11H14N2O/c1-6(2)9-4-8-5-12-13-10(8)7(3)11(9)14/h4-6,14H,1-3H3,(H,12,13). The van der Waals surface area contributed by atoms with Crippen LogP contribution < -0.4 is 0 Å². The van der Waals surface area contributed by atoms with E-state index in [1.54, 1.807) is 6.20 Å². The van der Waals surface area contributed by atoms with Crippen LogP contribution in [-0.2, 0) is 0 Å². The number of aromatic amines is 1. The van der Waals surface area contributed by atoms with Crippen LogP contribution in [0.25, 0.3) is 10.9 Å². The Balaban J connectivity index is 2.80. The lowest BCUT2D eigenvalue weighted by Gasteiger charge is -2.10. The van der Waals surface area contributed by atoms with Gasteiger partial charge < -0.3 is 5.11 Å². The predicted octanol–water partition coefficient (Wildman–Crippen LogP) is 2.70. The van der Waals surface area contributed by atoms with Gasteiger partial charge in [0.15, 0.2) is 0 Å². The van der Waals surface area contributed by atoms with Gasteiger partial charge in [-0.1, -0.05) is 13.8 Å². The minimum absolute atomic E-state index is 0.327. The summed E-state index contributed by atoms with van der Waals surface area (Å²) < 4.78 is 0. The number of phenols is 1. The summed E-state index contributed by atoms with van der Waals surface area (Å²) in [5.74, 6) is 0.713. The molecule has 2 N–H and O–H groups in total. The summed E-state index contributed by atoms with van der Waals surface area (Å²) in [6.07, 6.45) is 1.79. The van der Waals surface area contributed by atoms with Crippen LogP contribution in [0.5, 0.6) is 5.75 Å². The first-order valence-corrected chi connectivity index (χ1v) is 4.76. The summed E-state index contributed by atoms with van der Waals surface area (Å²) in [6.45, 7) is 6.04. The molecule has 0 bridgehead atoms. The molecule has 3 heteroatoms. The number of hydrogen-bond acceptors (Lipinski definition) is 2. The molecule has 1 aromatic heterocycles. The minimum Gasteiger partial charge on any atom is -0.507 e. The molecule has 74 valence electrons. The van der Waals surface area contributed by atoms with Crippen LogP contribution in [0.1, 0.15) is 30.9 Å². The molecule has 0 saturated carbocycles. The van der Waals surface area contributed by atoms with Crippen molar-refractivity contribution in [1.82, 2.24) is 10.2 Å². The van der Waals surface area contributed by atoms with Crippen LogP contribution in [0.2, 0.25) is 0 Å². The number of rotatable bonds is 1. The van der Waals surface area contributed by atoms with E-state index in [0.29, 0.717) is 11.7 Å². The molecule has 2 aromatic rings. The largest absolute Gasteiger partial charge is 0.507 e. The molecular weight excluding hydrogens is 176 g/mol. The number of nitrogens with zero attached hydrogens (tertiary/aromatic N) is 1. The average molecular weight is 190 g/mol. The van der Waals surface area contributed by atoms with E-state index >= 15 is 0 Å². The monoisotopic (exact) mass is 190 g/mol. The Kier molecular flexibility index (Phi) is 1.95. The normalized spacial score (nSPS) is 11.4. The highest BCUT2D eigenvalue weighted by Gasteiger charge is 2.12. The maximum atomic E-state index is 9.94. The number of aromatic nitrogens is 2. The van der Waals surface area contributed by atoms with Crippen molar-refractivity contribution in [1.29, 1.82) is 0 Å². The van der Waals surface area contributed by atoms with E-state index in [0.717, 1.165) is 22.0 Å². The molecule has 0 aliphatic rings. The first-order valence-electron chi connectivity index (χ1n) is 4.76. The van der Waals surface area contributed by atoms with Crippen molar-refractivity contribution >= 4 is 10.9 Å². The second kappa shape index (κ2) is 3.01. The van der Waals surface area contributed by atoms with E-state index in [9.17, 15) is 5.11 Å². The maximum Gasteiger partial charge on any atom is 0.124 e. The van der Waals surface area contributed by atoms with Gasteiger partial charge in [0.25, 0.3) is 0 Å². The van der Waals surface area contributed by atoms with Crippen molar-refractivity contribution in [2.75, 3.05) is 0 Å². The zero-order valence-corrected chi connectivity index (χ0v) is 8.63. The molecule has 0 saturated heterocycles. The molecule has 0 radical (unpaired) electrons. The number of fused-ring (bicyclic) bond motifs is 1. The summed E-state index contributed by atoms with van der Waals surface area (Å²) in [4.78, 5) is 0. The van der Waals surface area contributed by atoms with Crippen molar-refractivity contribution in [3.63, 3.8) is 0 Å². The van der Waals surface area contributed by atoms with Crippen LogP contribution in [0.4, 0.5) is 0 Å². The van der Waals surface area contributed by atoms with E-state index in [1.165, 1.54) is 0 Å². The fraction of sp³-hybridized carbons (Fsp3) is 0.364. The molecule has 0 atom stereocenters. The zero-order chi connectivity index (χ0) is 10.3. The number of benzene rings is 1. The molecule has 0 aliphatic carbocycles. The van der Waals surface area contributed by atoms with Crippen LogP contribution in [0.15, 0.2) is 12.3 Å². The lowest BCUT2D eigenvalue weighted by Crippen LogP contribution is -1.91. The van der Waals surface area contributed by atoms with Gasteiger partial charge in [-0.15, -0.1) is 0 Å². The Morgan fingerprint density at radius 2 is 2.14 bits per heavy atom. The lowest BCUT2D eigenvalue weighted by atomic mass is 9.97. The van der Waals surface area contributed by atoms with Crippen molar-refractivity contribution in [2.45, 2.75) is 26.7 Å². The molecule has 14 heavy (non-hydrogen) atoms. The highest BCUT2D eigenvalue weighted by molar-refractivity contribution is 5.84. The fourth-order valence-electron chi connectivity index (χ4n) is 1.72. The summed E-state index contributed by atoms with van der Waals surface area (Å²) in [5, 5.41) is 17.8. The summed E-state index contributed by atoms with van der Waals surface area (Å²) in [5.41, 5.74) is 2.78. The number of aryl methyl sites for hydroxylation is 1. The smallest absolute Gasteiger partial charge is 0.124 e. The quantitative estimate of drug-likeness (QED) is 0.726. The predicted molar refractivity (Wildman–Crippen MR) is 56.6 cm³/mol. The molecule has 2 rings (SSSR count). The van der Waals surface area contributed by atoms with Crippen molar-refractivity contribution in [3.05, 3.63) is 23.4 Å². The molecule has 0 spiro atoms. The van der Waals surface area contributed by atoms with Crippen LogP contribution in [-0.4, -0.2) is 15.3 Å². The number of H-pyrrole nitrogens is 1. The molecule has 3 nitrogen and oxygen atoms in total. The van der Waals surface area contributed by atoms with Crippen molar-refractivity contribution in [2.24, 2.45) is 0 Å². The van der Waals surface area contributed by atoms with Crippen LogP contribution >= 0.6 is 0 Å². The van der Waals surface area contributed by atoms with E-state index in [1.807, 2.05) is 13.0 Å². The van der Waals surface area contributed by atoms with Gasteiger partial charge in [0.05, 0.1) is 11.7 Å². The van der Waals surface area contributed by atoms with Gasteiger partial charge in [0, 0.05) is 10.9 Å². The summed E-state index contributed by atoms with van der Waals surface area (Å²) in [6, 6.07) is 1.99. The Morgan fingerprint density at radius 3 is 2.79 bits per heavy atom.